The number of nitrogens with zero attached hydrogens (tertiary/aromatic N) is 2. The molecule has 0 aliphatic carbocycles. The van der Waals surface area contributed by atoms with Gasteiger partial charge in [-0.15, -0.1) is 0 Å². The van der Waals surface area contributed by atoms with Gasteiger partial charge in [-0.3, -0.25) is 14.8 Å². The Kier molecular flexibility index (Phi) is 2.09. The number of nitrogens with two attached hydrogens (primary N) is 2. The van der Waals surface area contributed by atoms with Crippen LogP contribution in [0.15, 0.2) is 9.79 Å². The van der Waals surface area contributed by atoms with E-state index in [0.717, 1.165) is 0 Å². The molecular formula is C6H9N5O. The minimum Gasteiger partial charge on any atom is -0.382 e. The van der Waals surface area contributed by atoms with Crippen LogP contribution in [-0.4, -0.2) is 16.2 Å². The molecule has 1 aromatic rings. The number of aromatic amines is 1. The number of hydrogen-bond acceptors (Lipinski definition) is 5. The van der Waals surface area contributed by atoms with Gasteiger partial charge >= 0.3 is 0 Å². The van der Waals surface area contributed by atoms with Crippen molar-refractivity contribution in [2.24, 2.45) is 4.99 Å². The molecule has 0 atom stereocenters. The third-order valence-corrected chi connectivity index (χ3v) is 1.20. The molecule has 1 heterocycles. The van der Waals surface area contributed by atoms with E-state index < -0.39 is 5.56 Å². The zero-order chi connectivity index (χ0) is 9.14. The molecule has 5 N–H and O–H groups in total. The van der Waals surface area contributed by atoms with Gasteiger partial charge in [-0.1, -0.05) is 0 Å². The minimum absolute atomic E-state index is 0.00690. The van der Waals surface area contributed by atoms with E-state index in [-0.39, 0.29) is 17.5 Å². The first-order valence-electron chi connectivity index (χ1n) is 3.29. The molecule has 12 heavy (non-hydrogen) atoms. The fraction of sp³-hybridized carbons (Fsp3) is 0.167. The number of aliphatic imine (C=N–C) groups is 1. The van der Waals surface area contributed by atoms with Crippen LogP contribution in [0.2, 0.25) is 0 Å². The van der Waals surface area contributed by atoms with Crippen LogP contribution in [0.25, 0.3) is 0 Å². The van der Waals surface area contributed by atoms with Crippen molar-refractivity contribution in [1.29, 1.82) is 0 Å². The predicted molar refractivity (Wildman–Crippen MR) is 47.5 cm³/mol. The average Bonchev–Trinajstić information content (AvgIpc) is 1.96. The van der Waals surface area contributed by atoms with Crippen molar-refractivity contribution in [2.75, 3.05) is 11.5 Å². The van der Waals surface area contributed by atoms with Crippen LogP contribution in [0.3, 0.4) is 0 Å². The Balaban J connectivity index is 3.38. The normalized spacial score (nSPS) is 10.8. The topological polar surface area (TPSA) is 110 Å². The number of nitrogen functional groups attached to an aromatic ring is 2. The molecule has 0 spiro atoms. The maximum Gasteiger partial charge on any atom is 0.280 e. The predicted octanol–water partition coefficient (Wildman–Crippen LogP) is -0.344. The van der Waals surface area contributed by atoms with Crippen molar-refractivity contribution in [3.8, 4) is 0 Å². The summed E-state index contributed by atoms with van der Waals surface area (Å²) >= 11 is 0. The maximum atomic E-state index is 11.1. The molecule has 0 aliphatic rings. The van der Waals surface area contributed by atoms with Crippen molar-refractivity contribution in [1.82, 2.24) is 9.97 Å². The molecule has 6 nitrogen and oxygen atoms in total. The number of rotatable bonds is 1. The van der Waals surface area contributed by atoms with E-state index in [1.165, 1.54) is 6.21 Å². The second-order valence-electron chi connectivity index (χ2n) is 2.07. The first-order chi connectivity index (χ1) is 5.65. The Bertz CT molecular complexity index is 367. The van der Waals surface area contributed by atoms with Crippen molar-refractivity contribution in [2.45, 2.75) is 6.92 Å². The van der Waals surface area contributed by atoms with Gasteiger partial charge in [-0.05, 0) is 6.92 Å². The Morgan fingerprint density at radius 2 is 2.25 bits per heavy atom. The van der Waals surface area contributed by atoms with Crippen LogP contribution in [0, 0.1) is 0 Å². The molecule has 6 heteroatoms. The lowest BCUT2D eigenvalue weighted by Gasteiger charge is -1.97. The molecule has 0 radical (unpaired) electrons. The van der Waals surface area contributed by atoms with Gasteiger partial charge in [0.25, 0.3) is 5.56 Å². The van der Waals surface area contributed by atoms with E-state index >= 15 is 0 Å². The van der Waals surface area contributed by atoms with E-state index in [0.29, 0.717) is 0 Å². The summed E-state index contributed by atoms with van der Waals surface area (Å²) in [5, 5.41) is 0. The maximum absolute atomic E-state index is 11.1. The highest BCUT2D eigenvalue weighted by Crippen LogP contribution is 2.12. The molecule has 0 saturated carbocycles. The summed E-state index contributed by atoms with van der Waals surface area (Å²) in [4.78, 5) is 20.7. The van der Waals surface area contributed by atoms with Crippen LogP contribution >= 0.6 is 0 Å². The lowest BCUT2D eigenvalue weighted by atomic mass is 10.5. The fourth-order valence-electron chi connectivity index (χ4n) is 0.756. The molecule has 0 aliphatic heterocycles. The van der Waals surface area contributed by atoms with Crippen molar-refractivity contribution >= 4 is 23.7 Å². The Morgan fingerprint density at radius 1 is 1.58 bits per heavy atom. The minimum atomic E-state index is -0.432. The monoisotopic (exact) mass is 167 g/mol. The third-order valence-electron chi connectivity index (χ3n) is 1.20. The molecule has 1 aromatic heterocycles. The van der Waals surface area contributed by atoms with Crippen LogP contribution < -0.4 is 17.0 Å². The van der Waals surface area contributed by atoms with Crippen molar-refractivity contribution in [3.05, 3.63) is 10.4 Å². The standard InChI is InChI=1S/C6H9N5O/c1-2-9-3-4(7)10-6(8)11-5(3)12/h2H,1H3,(H5,7,8,10,11,12). The molecule has 0 fully saturated rings. The zero-order valence-electron chi connectivity index (χ0n) is 6.53. The van der Waals surface area contributed by atoms with E-state index in [9.17, 15) is 4.79 Å². The van der Waals surface area contributed by atoms with Crippen LogP contribution in [0.5, 0.6) is 0 Å². The Labute approximate surface area is 68.3 Å². The van der Waals surface area contributed by atoms with Crippen LogP contribution in [-0.2, 0) is 0 Å². The number of nitrogens with one attached hydrogen (secondary N) is 1. The highest BCUT2D eigenvalue weighted by Gasteiger charge is 2.04. The average molecular weight is 167 g/mol. The highest BCUT2D eigenvalue weighted by molar-refractivity contribution is 5.66. The first-order valence-corrected chi connectivity index (χ1v) is 3.29. The van der Waals surface area contributed by atoms with Gasteiger partial charge in [-0.25, -0.2) is 0 Å². The molecule has 0 saturated heterocycles. The summed E-state index contributed by atoms with van der Waals surface area (Å²) in [6.07, 6.45) is 1.46. The van der Waals surface area contributed by atoms with Gasteiger partial charge in [0.05, 0.1) is 0 Å². The molecule has 0 bridgehead atoms. The van der Waals surface area contributed by atoms with E-state index in [1.54, 1.807) is 6.92 Å². The molecule has 0 aromatic carbocycles. The van der Waals surface area contributed by atoms with Gasteiger partial charge < -0.3 is 11.5 Å². The SMILES string of the molecule is CC=Nc1c(N)nc(N)[nH]c1=O. The van der Waals surface area contributed by atoms with E-state index in [1.807, 2.05) is 0 Å². The summed E-state index contributed by atoms with van der Waals surface area (Å²) in [6.45, 7) is 1.68. The quantitative estimate of drug-likeness (QED) is 0.496. The van der Waals surface area contributed by atoms with Gasteiger partial charge in [0.2, 0.25) is 5.95 Å². The van der Waals surface area contributed by atoms with E-state index in [2.05, 4.69) is 15.0 Å². The summed E-state index contributed by atoms with van der Waals surface area (Å²) in [6, 6.07) is 0. The first kappa shape index (κ1) is 8.25. The smallest absolute Gasteiger partial charge is 0.280 e. The zero-order valence-corrected chi connectivity index (χ0v) is 6.53. The number of anilines is 2. The second kappa shape index (κ2) is 3.04. The van der Waals surface area contributed by atoms with Gasteiger partial charge in [0, 0.05) is 6.21 Å². The number of hydrogen-bond donors (Lipinski definition) is 3. The third kappa shape index (κ3) is 1.42. The second-order valence-corrected chi connectivity index (χ2v) is 2.07. The summed E-state index contributed by atoms with van der Waals surface area (Å²) in [7, 11) is 0. The molecule has 1 rings (SSSR count). The largest absolute Gasteiger partial charge is 0.382 e. The molecular weight excluding hydrogens is 158 g/mol. The lowest BCUT2D eigenvalue weighted by Crippen LogP contribution is -2.13. The number of H-pyrrole nitrogens is 1. The van der Waals surface area contributed by atoms with Gasteiger partial charge in [0.15, 0.2) is 11.5 Å². The van der Waals surface area contributed by atoms with Crippen molar-refractivity contribution in [3.63, 3.8) is 0 Å². The highest BCUT2D eigenvalue weighted by atomic mass is 16.1. The van der Waals surface area contributed by atoms with Gasteiger partial charge in [-0.2, -0.15) is 4.98 Å². The molecule has 0 unspecified atom stereocenters. The summed E-state index contributed by atoms with van der Waals surface area (Å²) < 4.78 is 0. The number of aromatic nitrogens is 2. The van der Waals surface area contributed by atoms with Crippen molar-refractivity contribution < 1.29 is 0 Å². The van der Waals surface area contributed by atoms with Crippen LogP contribution in [0.1, 0.15) is 6.92 Å². The summed E-state index contributed by atoms with van der Waals surface area (Å²) in [5.74, 6) is 0.0295. The summed E-state index contributed by atoms with van der Waals surface area (Å²) in [5.41, 5.74) is 10.3. The molecule has 0 amide bonds. The van der Waals surface area contributed by atoms with Crippen LogP contribution in [0.4, 0.5) is 17.5 Å². The fourth-order valence-corrected chi connectivity index (χ4v) is 0.756. The lowest BCUT2D eigenvalue weighted by molar-refractivity contribution is 1.14. The Morgan fingerprint density at radius 3 is 2.75 bits per heavy atom. The van der Waals surface area contributed by atoms with E-state index in [4.69, 9.17) is 11.5 Å². The molecule has 64 valence electrons. The Hall–Kier alpha value is -1.85. The van der Waals surface area contributed by atoms with Gasteiger partial charge in [0.1, 0.15) is 0 Å².